The topological polar surface area (TPSA) is 69.1 Å². The number of furan rings is 1. The molecule has 4 rings (SSSR count). The second-order valence-electron chi connectivity index (χ2n) is 5.36. The van der Waals surface area contributed by atoms with Crippen molar-refractivity contribution in [1.82, 2.24) is 10.1 Å². The van der Waals surface area contributed by atoms with Gasteiger partial charge in [-0.1, -0.05) is 47.6 Å². The van der Waals surface area contributed by atoms with Gasteiger partial charge >= 0.3 is 0 Å². The Morgan fingerprint density at radius 2 is 1.83 bits per heavy atom. The standard InChI is InChI=1S/C18H14N2O3S/c21-24(11-14-7-3-6-13-5-1-2-8-15(13)14)12-17-19-18(20-23-17)16-9-4-10-22-16/h1-10H,11-12H2/t24-/m0/s1. The predicted molar refractivity (Wildman–Crippen MR) is 91.5 cm³/mol. The average Bonchev–Trinajstić information content (AvgIpc) is 3.26. The summed E-state index contributed by atoms with van der Waals surface area (Å²) in [6.45, 7) is 0. The van der Waals surface area contributed by atoms with Gasteiger partial charge in [-0.25, -0.2) is 0 Å². The zero-order chi connectivity index (χ0) is 16.4. The summed E-state index contributed by atoms with van der Waals surface area (Å²) in [5, 5.41) is 6.12. The van der Waals surface area contributed by atoms with Gasteiger partial charge in [-0.2, -0.15) is 4.98 Å². The highest BCUT2D eigenvalue weighted by Gasteiger charge is 2.14. The molecule has 2 heterocycles. The van der Waals surface area contributed by atoms with Crippen LogP contribution in [0.5, 0.6) is 0 Å². The van der Waals surface area contributed by atoms with E-state index in [1.165, 1.54) is 0 Å². The molecule has 0 radical (unpaired) electrons. The van der Waals surface area contributed by atoms with Gasteiger partial charge in [-0.3, -0.25) is 4.21 Å². The maximum atomic E-state index is 12.5. The molecule has 0 aliphatic rings. The van der Waals surface area contributed by atoms with E-state index in [0.717, 1.165) is 16.3 Å². The van der Waals surface area contributed by atoms with Crippen LogP contribution in [0.25, 0.3) is 22.4 Å². The summed E-state index contributed by atoms with van der Waals surface area (Å²) >= 11 is 0. The Hall–Kier alpha value is -2.73. The molecule has 1 atom stereocenters. The van der Waals surface area contributed by atoms with Crippen molar-refractivity contribution in [3.63, 3.8) is 0 Å². The largest absolute Gasteiger partial charge is 0.461 e. The highest BCUT2D eigenvalue weighted by atomic mass is 32.2. The smallest absolute Gasteiger partial charge is 0.239 e. The summed E-state index contributed by atoms with van der Waals surface area (Å²) in [6, 6.07) is 17.6. The van der Waals surface area contributed by atoms with E-state index >= 15 is 0 Å². The molecule has 0 fully saturated rings. The maximum Gasteiger partial charge on any atom is 0.239 e. The van der Waals surface area contributed by atoms with Crippen molar-refractivity contribution in [2.75, 3.05) is 0 Å². The summed E-state index contributed by atoms with van der Waals surface area (Å²) in [5.41, 5.74) is 1.05. The third kappa shape index (κ3) is 3.00. The first-order valence-corrected chi connectivity index (χ1v) is 8.96. The van der Waals surface area contributed by atoms with E-state index < -0.39 is 10.8 Å². The molecule has 0 amide bonds. The molecule has 2 aromatic carbocycles. The minimum Gasteiger partial charge on any atom is -0.461 e. The van der Waals surface area contributed by atoms with Crippen LogP contribution >= 0.6 is 0 Å². The average molecular weight is 338 g/mol. The number of fused-ring (bicyclic) bond motifs is 1. The molecule has 0 aliphatic carbocycles. The van der Waals surface area contributed by atoms with Crippen molar-refractivity contribution in [3.8, 4) is 11.6 Å². The van der Waals surface area contributed by atoms with Gasteiger partial charge in [-0.15, -0.1) is 0 Å². The van der Waals surface area contributed by atoms with Gasteiger partial charge in [0.1, 0.15) is 5.75 Å². The Labute approximate surface area is 140 Å². The van der Waals surface area contributed by atoms with E-state index in [-0.39, 0.29) is 5.75 Å². The van der Waals surface area contributed by atoms with Crippen LogP contribution in [0.2, 0.25) is 0 Å². The molecule has 0 bridgehead atoms. The summed E-state index contributed by atoms with van der Waals surface area (Å²) < 4.78 is 22.9. The highest BCUT2D eigenvalue weighted by molar-refractivity contribution is 7.83. The first-order valence-electron chi connectivity index (χ1n) is 7.48. The fourth-order valence-corrected chi connectivity index (χ4v) is 3.69. The van der Waals surface area contributed by atoms with Crippen molar-refractivity contribution in [2.24, 2.45) is 0 Å². The molecule has 120 valence electrons. The van der Waals surface area contributed by atoms with Crippen LogP contribution in [0.3, 0.4) is 0 Å². The Balaban J connectivity index is 1.50. The number of hydrogen-bond donors (Lipinski definition) is 0. The molecule has 0 spiro atoms. The first kappa shape index (κ1) is 14.8. The minimum absolute atomic E-state index is 0.219. The number of nitrogens with zero attached hydrogens (tertiary/aromatic N) is 2. The van der Waals surface area contributed by atoms with Crippen molar-refractivity contribution in [1.29, 1.82) is 0 Å². The molecule has 5 nitrogen and oxygen atoms in total. The van der Waals surface area contributed by atoms with Crippen molar-refractivity contribution >= 4 is 21.6 Å². The van der Waals surface area contributed by atoms with Gasteiger partial charge in [0.15, 0.2) is 5.76 Å². The maximum absolute atomic E-state index is 12.5. The molecule has 24 heavy (non-hydrogen) atoms. The lowest BCUT2D eigenvalue weighted by molar-refractivity contribution is 0.389. The normalized spacial score (nSPS) is 12.5. The number of rotatable bonds is 5. The van der Waals surface area contributed by atoms with Crippen LogP contribution in [-0.4, -0.2) is 14.3 Å². The Morgan fingerprint density at radius 1 is 0.958 bits per heavy atom. The highest BCUT2D eigenvalue weighted by Crippen LogP contribution is 2.21. The summed E-state index contributed by atoms with van der Waals surface area (Å²) in [7, 11) is -1.14. The van der Waals surface area contributed by atoms with E-state index in [9.17, 15) is 4.21 Å². The van der Waals surface area contributed by atoms with Crippen LogP contribution in [-0.2, 0) is 22.3 Å². The molecule has 0 saturated carbocycles. The number of hydrogen-bond acceptors (Lipinski definition) is 5. The molecule has 0 N–H and O–H groups in total. The van der Waals surface area contributed by atoms with Crippen LogP contribution < -0.4 is 0 Å². The number of aromatic nitrogens is 2. The molecular weight excluding hydrogens is 324 g/mol. The van der Waals surface area contributed by atoms with Crippen molar-refractivity contribution in [2.45, 2.75) is 11.5 Å². The molecule has 6 heteroatoms. The second-order valence-corrected chi connectivity index (χ2v) is 6.81. The lowest BCUT2D eigenvalue weighted by atomic mass is 10.1. The lowest BCUT2D eigenvalue weighted by Crippen LogP contribution is -2.00. The van der Waals surface area contributed by atoms with Crippen molar-refractivity contribution < 1.29 is 13.1 Å². The zero-order valence-electron chi connectivity index (χ0n) is 12.7. The molecule has 2 aromatic heterocycles. The second kappa shape index (κ2) is 6.41. The number of benzene rings is 2. The summed E-state index contributed by atoms with van der Waals surface area (Å²) in [4.78, 5) is 4.23. The minimum atomic E-state index is -1.14. The quantitative estimate of drug-likeness (QED) is 0.551. The van der Waals surface area contributed by atoms with Gasteiger partial charge in [-0.05, 0) is 28.5 Å². The van der Waals surface area contributed by atoms with E-state index in [1.807, 2.05) is 30.3 Å². The summed E-state index contributed by atoms with van der Waals surface area (Å²) in [5.74, 6) is 1.92. The third-order valence-corrected chi connectivity index (χ3v) is 4.89. The predicted octanol–water partition coefficient (Wildman–Crippen LogP) is 3.93. The van der Waals surface area contributed by atoms with Crippen LogP contribution in [0.1, 0.15) is 11.5 Å². The van der Waals surface area contributed by atoms with Crippen LogP contribution in [0.4, 0.5) is 0 Å². The zero-order valence-corrected chi connectivity index (χ0v) is 13.5. The monoisotopic (exact) mass is 338 g/mol. The Bertz CT molecular complexity index is 987. The van der Waals surface area contributed by atoms with E-state index in [2.05, 4.69) is 22.3 Å². The fourth-order valence-electron chi connectivity index (χ4n) is 2.60. The van der Waals surface area contributed by atoms with Crippen LogP contribution in [0.15, 0.2) is 69.8 Å². The van der Waals surface area contributed by atoms with Gasteiger partial charge in [0.2, 0.25) is 11.7 Å². The van der Waals surface area contributed by atoms with Gasteiger partial charge in [0, 0.05) is 16.6 Å². The van der Waals surface area contributed by atoms with Gasteiger partial charge in [0.25, 0.3) is 0 Å². The molecular formula is C18H14N2O3S. The van der Waals surface area contributed by atoms with Crippen molar-refractivity contribution in [3.05, 3.63) is 72.3 Å². The van der Waals surface area contributed by atoms with E-state index in [4.69, 9.17) is 8.94 Å². The van der Waals surface area contributed by atoms with Gasteiger partial charge in [0.05, 0.1) is 6.26 Å². The Morgan fingerprint density at radius 3 is 2.71 bits per heavy atom. The molecule has 0 saturated heterocycles. The summed E-state index contributed by atoms with van der Waals surface area (Å²) in [6.07, 6.45) is 1.55. The van der Waals surface area contributed by atoms with E-state index in [0.29, 0.717) is 23.2 Å². The molecule has 0 unspecified atom stereocenters. The molecule has 0 aliphatic heterocycles. The van der Waals surface area contributed by atoms with E-state index in [1.54, 1.807) is 18.4 Å². The van der Waals surface area contributed by atoms with Crippen LogP contribution in [0, 0.1) is 0 Å². The third-order valence-electron chi connectivity index (χ3n) is 3.69. The fraction of sp³-hybridized carbons (Fsp3) is 0.111. The lowest BCUT2D eigenvalue weighted by Gasteiger charge is -2.05. The Kier molecular flexibility index (Phi) is 3.96. The SMILES string of the molecule is O=[S@](Cc1nc(-c2ccco2)no1)Cc1cccc2ccccc12. The first-order chi connectivity index (χ1) is 11.8. The molecule has 4 aromatic rings. The van der Waals surface area contributed by atoms with Gasteiger partial charge < -0.3 is 8.94 Å².